The monoisotopic (exact) mass is 482 g/mol. The number of nitrogens with zero attached hydrogens (tertiary/aromatic N) is 3. The standard InChI is InChI=1S/C25H27ClN4O2S/c1-25(24(32)27-18-9-3-2-4-10-18)16-30-21(14-20(28-30)22-12-7-13-33-22)23(31)29(25)15-17-8-5-6-11-19(17)26/h5-8,11-14,18H,2-4,9-10,15-16H2,1H3,(H,27,32)/t25-/m1/s1. The smallest absolute Gasteiger partial charge is 0.273 e. The summed E-state index contributed by atoms with van der Waals surface area (Å²) in [4.78, 5) is 30.1. The second-order valence-electron chi connectivity index (χ2n) is 9.11. The molecule has 3 aromatic rings. The molecule has 5 rings (SSSR count). The Labute approximate surface area is 202 Å². The number of aromatic nitrogens is 2. The maximum Gasteiger partial charge on any atom is 0.273 e. The van der Waals surface area contributed by atoms with E-state index >= 15 is 0 Å². The highest BCUT2D eigenvalue weighted by molar-refractivity contribution is 7.13. The Morgan fingerprint density at radius 3 is 2.73 bits per heavy atom. The number of hydrogen-bond donors (Lipinski definition) is 1. The lowest BCUT2D eigenvalue weighted by molar-refractivity contribution is -0.134. The van der Waals surface area contributed by atoms with E-state index in [1.54, 1.807) is 20.9 Å². The molecule has 1 aliphatic carbocycles. The average Bonchev–Trinajstić information content (AvgIpc) is 3.48. The van der Waals surface area contributed by atoms with Crippen LogP contribution in [0.2, 0.25) is 5.02 Å². The van der Waals surface area contributed by atoms with E-state index in [2.05, 4.69) is 5.32 Å². The lowest BCUT2D eigenvalue weighted by atomic mass is 9.91. The van der Waals surface area contributed by atoms with Crippen LogP contribution in [0.15, 0.2) is 47.8 Å². The summed E-state index contributed by atoms with van der Waals surface area (Å²) in [5.41, 5.74) is 0.978. The molecule has 3 heterocycles. The third-order valence-electron chi connectivity index (χ3n) is 6.79. The Hall–Kier alpha value is -2.64. The third kappa shape index (κ3) is 4.20. The first-order valence-electron chi connectivity index (χ1n) is 11.4. The SMILES string of the molecule is C[C@]1(C(=O)NC2CCCCC2)Cn2nc(-c3cccs3)cc2C(=O)N1Cc1ccccc1Cl. The summed E-state index contributed by atoms with van der Waals surface area (Å²) in [6, 6.07) is 13.4. The van der Waals surface area contributed by atoms with Gasteiger partial charge in [-0.05, 0) is 48.9 Å². The zero-order chi connectivity index (χ0) is 23.0. The van der Waals surface area contributed by atoms with Crippen molar-refractivity contribution < 1.29 is 9.59 Å². The van der Waals surface area contributed by atoms with E-state index < -0.39 is 5.54 Å². The van der Waals surface area contributed by atoms with Crippen LogP contribution in [0, 0.1) is 0 Å². The van der Waals surface area contributed by atoms with E-state index in [-0.39, 0.29) is 24.4 Å². The Bertz CT molecular complexity index is 1170. The van der Waals surface area contributed by atoms with E-state index in [4.69, 9.17) is 16.7 Å². The van der Waals surface area contributed by atoms with Crippen LogP contribution < -0.4 is 5.32 Å². The summed E-state index contributed by atoms with van der Waals surface area (Å²) >= 11 is 8.01. The number of fused-ring (bicyclic) bond motifs is 1. The molecular weight excluding hydrogens is 456 g/mol. The van der Waals surface area contributed by atoms with Gasteiger partial charge in [-0.1, -0.05) is 55.1 Å². The van der Waals surface area contributed by atoms with Gasteiger partial charge in [0.15, 0.2) is 0 Å². The number of nitrogens with one attached hydrogen (secondary N) is 1. The Morgan fingerprint density at radius 1 is 1.21 bits per heavy atom. The van der Waals surface area contributed by atoms with E-state index in [0.717, 1.165) is 41.8 Å². The molecule has 0 spiro atoms. The van der Waals surface area contributed by atoms with Crippen LogP contribution in [-0.2, 0) is 17.9 Å². The van der Waals surface area contributed by atoms with E-state index in [0.29, 0.717) is 17.3 Å². The number of carbonyl (C=O) groups excluding carboxylic acids is 2. The molecule has 1 fully saturated rings. The molecule has 6 nitrogen and oxygen atoms in total. The van der Waals surface area contributed by atoms with Gasteiger partial charge >= 0.3 is 0 Å². The van der Waals surface area contributed by atoms with Crippen LogP contribution in [-0.4, -0.2) is 38.1 Å². The van der Waals surface area contributed by atoms with E-state index in [9.17, 15) is 9.59 Å². The number of thiophene rings is 1. The number of amides is 2. The van der Waals surface area contributed by atoms with Crippen molar-refractivity contribution in [3.8, 4) is 10.6 Å². The van der Waals surface area contributed by atoms with Crippen molar-refractivity contribution in [3.63, 3.8) is 0 Å². The fourth-order valence-corrected chi connectivity index (χ4v) is 5.70. The molecule has 1 aromatic carbocycles. The van der Waals surface area contributed by atoms with Gasteiger partial charge in [-0.25, -0.2) is 0 Å². The molecule has 1 atom stereocenters. The summed E-state index contributed by atoms with van der Waals surface area (Å²) in [6.07, 6.45) is 5.42. The van der Waals surface area contributed by atoms with Crippen LogP contribution in [0.4, 0.5) is 0 Å². The third-order valence-corrected chi connectivity index (χ3v) is 8.05. The number of hydrogen-bond acceptors (Lipinski definition) is 4. The van der Waals surface area contributed by atoms with Gasteiger partial charge < -0.3 is 10.2 Å². The largest absolute Gasteiger partial charge is 0.351 e. The fourth-order valence-electron chi connectivity index (χ4n) is 4.82. The summed E-state index contributed by atoms with van der Waals surface area (Å²) in [7, 11) is 0. The number of carbonyl (C=O) groups is 2. The highest BCUT2D eigenvalue weighted by Crippen LogP contribution is 2.34. The van der Waals surface area contributed by atoms with Crippen molar-refractivity contribution in [1.29, 1.82) is 0 Å². The van der Waals surface area contributed by atoms with Crippen molar-refractivity contribution in [2.24, 2.45) is 0 Å². The Morgan fingerprint density at radius 2 is 2.00 bits per heavy atom. The van der Waals surface area contributed by atoms with Crippen LogP contribution in [0.1, 0.15) is 55.1 Å². The molecule has 0 saturated heterocycles. The lowest BCUT2D eigenvalue weighted by Crippen LogP contribution is -2.64. The van der Waals surface area contributed by atoms with Gasteiger partial charge in [0.1, 0.15) is 16.9 Å². The first-order chi connectivity index (χ1) is 16.0. The normalized spacial score (nSPS) is 21.2. The minimum atomic E-state index is -1.08. The van der Waals surface area contributed by atoms with Gasteiger partial charge in [-0.3, -0.25) is 14.3 Å². The van der Waals surface area contributed by atoms with E-state index in [1.165, 1.54) is 6.42 Å². The minimum absolute atomic E-state index is 0.131. The van der Waals surface area contributed by atoms with Gasteiger partial charge in [-0.15, -0.1) is 11.3 Å². The van der Waals surface area contributed by atoms with Crippen molar-refractivity contribution in [1.82, 2.24) is 20.0 Å². The highest BCUT2D eigenvalue weighted by atomic mass is 35.5. The van der Waals surface area contributed by atoms with Gasteiger partial charge in [0.05, 0.1) is 11.4 Å². The lowest BCUT2D eigenvalue weighted by Gasteiger charge is -2.44. The van der Waals surface area contributed by atoms with Crippen molar-refractivity contribution in [3.05, 3.63) is 64.1 Å². The summed E-state index contributed by atoms with van der Waals surface area (Å²) in [5, 5.41) is 10.5. The van der Waals surface area contributed by atoms with Crippen molar-refractivity contribution in [2.45, 2.75) is 63.7 Å². The molecule has 1 N–H and O–H groups in total. The molecular formula is C25H27ClN4O2S. The zero-order valence-corrected chi connectivity index (χ0v) is 20.2. The maximum atomic E-state index is 13.8. The summed E-state index contributed by atoms with van der Waals surface area (Å²) in [6.45, 7) is 2.39. The van der Waals surface area contributed by atoms with Gasteiger partial charge in [0.2, 0.25) is 5.91 Å². The van der Waals surface area contributed by atoms with Gasteiger partial charge in [0.25, 0.3) is 5.91 Å². The average molecular weight is 483 g/mol. The fraction of sp³-hybridized carbons (Fsp3) is 0.400. The second-order valence-corrected chi connectivity index (χ2v) is 10.5. The van der Waals surface area contributed by atoms with Crippen molar-refractivity contribution in [2.75, 3.05) is 0 Å². The summed E-state index contributed by atoms with van der Waals surface area (Å²) < 4.78 is 1.70. The zero-order valence-electron chi connectivity index (χ0n) is 18.6. The van der Waals surface area contributed by atoms with Gasteiger partial charge in [-0.2, -0.15) is 5.10 Å². The number of benzene rings is 1. The van der Waals surface area contributed by atoms with Crippen LogP contribution in [0.5, 0.6) is 0 Å². The topological polar surface area (TPSA) is 67.2 Å². The van der Waals surface area contributed by atoms with Crippen LogP contribution >= 0.6 is 22.9 Å². The predicted molar refractivity (Wildman–Crippen MR) is 130 cm³/mol. The molecule has 172 valence electrons. The molecule has 8 heteroatoms. The van der Waals surface area contributed by atoms with Crippen molar-refractivity contribution >= 4 is 34.8 Å². The Balaban J connectivity index is 1.52. The van der Waals surface area contributed by atoms with Crippen LogP contribution in [0.25, 0.3) is 10.6 Å². The van der Waals surface area contributed by atoms with Crippen LogP contribution in [0.3, 0.4) is 0 Å². The Kier molecular flexibility index (Phi) is 6.01. The molecule has 2 amide bonds. The minimum Gasteiger partial charge on any atom is -0.351 e. The predicted octanol–water partition coefficient (Wildman–Crippen LogP) is 5.13. The number of halogens is 1. The second kappa shape index (κ2) is 8.95. The molecule has 2 aliphatic rings. The highest BCUT2D eigenvalue weighted by Gasteiger charge is 2.48. The molecule has 33 heavy (non-hydrogen) atoms. The van der Waals surface area contributed by atoms with Gasteiger partial charge in [0, 0.05) is 17.6 Å². The molecule has 2 aromatic heterocycles. The quantitative estimate of drug-likeness (QED) is 0.548. The number of rotatable bonds is 5. The first-order valence-corrected chi connectivity index (χ1v) is 12.7. The first kappa shape index (κ1) is 22.2. The molecule has 1 aliphatic heterocycles. The molecule has 0 unspecified atom stereocenters. The molecule has 1 saturated carbocycles. The molecule has 0 radical (unpaired) electrons. The molecule has 0 bridgehead atoms. The maximum absolute atomic E-state index is 13.8. The van der Waals surface area contributed by atoms with E-state index in [1.807, 2.05) is 54.8 Å². The summed E-state index contributed by atoms with van der Waals surface area (Å²) in [5.74, 6) is -0.341.